The Balaban J connectivity index is 3.39. The van der Waals surface area contributed by atoms with Gasteiger partial charge in [0, 0.05) is 13.0 Å². The molecule has 0 aromatic heterocycles. The molecule has 0 heterocycles. The molecule has 0 aliphatic heterocycles. The van der Waals surface area contributed by atoms with Crippen LogP contribution in [0.15, 0.2) is 12.2 Å². The molecule has 0 saturated carbocycles. The minimum absolute atomic E-state index is 0.279. The van der Waals surface area contributed by atoms with Crippen LogP contribution in [0.5, 0.6) is 0 Å². The number of ether oxygens (including phenoxy) is 1. The van der Waals surface area contributed by atoms with Gasteiger partial charge >= 0.3 is 5.97 Å². The van der Waals surface area contributed by atoms with Crippen molar-refractivity contribution in [1.82, 2.24) is 5.32 Å². The Kier molecular flexibility index (Phi) is 20.3. The van der Waals surface area contributed by atoms with Gasteiger partial charge in [-0.2, -0.15) is 0 Å². The van der Waals surface area contributed by atoms with E-state index in [1.807, 2.05) is 0 Å². The van der Waals surface area contributed by atoms with E-state index in [2.05, 4.69) is 29.1 Å². The van der Waals surface area contributed by atoms with Crippen LogP contribution in [0, 0.1) is 0 Å². The van der Waals surface area contributed by atoms with Crippen molar-refractivity contribution in [3.8, 4) is 0 Å². The summed E-state index contributed by atoms with van der Waals surface area (Å²) in [7, 11) is 1.35. The van der Waals surface area contributed by atoms with Gasteiger partial charge in [0.2, 0.25) is 5.91 Å². The molecule has 29 heavy (non-hydrogen) atoms. The van der Waals surface area contributed by atoms with Crippen LogP contribution in [-0.4, -0.2) is 36.7 Å². The standard InChI is InChI=1S/C24H45NO4/c1-3-4-5-6-7-8-9-10-11-12-13-14-15-16-17-19-22(26)24(28)25-21-18-20-23(27)29-2/h10-11,22,26H,3-9,12-21H2,1-2H3,(H,25,28)/b11-10+. The zero-order valence-electron chi connectivity index (χ0n) is 18.9. The number of hydrogen-bond acceptors (Lipinski definition) is 4. The number of aliphatic hydroxyl groups excluding tert-OH is 1. The van der Waals surface area contributed by atoms with Crippen LogP contribution in [0.1, 0.15) is 110 Å². The minimum Gasteiger partial charge on any atom is -0.469 e. The molecular formula is C24H45NO4. The van der Waals surface area contributed by atoms with E-state index in [0.717, 1.165) is 25.7 Å². The molecule has 0 rings (SSSR count). The second-order valence-electron chi connectivity index (χ2n) is 7.86. The summed E-state index contributed by atoms with van der Waals surface area (Å²) in [5, 5.41) is 12.5. The lowest BCUT2D eigenvalue weighted by Gasteiger charge is -2.11. The number of carbonyl (C=O) groups excluding carboxylic acids is 2. The monoisotopic (exact) mass is 411 g/mol. The van der Waals surface area contributed by atoms with Gasteiger partial charge < -0.3 is 15.2 Å². The molecule has 170 valence electrons. The first-order valence-electron chi connectivity index (χ1n) is 11.8. The third kappa shape index (κ3) is 19.7. The van der Waals surface area contributed by atoms with Crippen molar-refractivity contribution >= 4 is 11.9 Å². The molecule has 0 aliphatic rings. The van der Waals surface area contributed by atoms with E-state index in [0.29, 0.717) is 19.4 Å². The number of amides is 1. The van der Waals surface area contributed by atoms with E-state index in [4.69, 9.17) is 0 Å². The number of esters is 1. The van der Waals surface area contributed by atoms with E-state index < -0.39 is 6.10 Å². The molecule has 0 fully saturated rings. The van der Waals surface area contributed by atoms with Crippen LogP contribution >= 0.6 is 0 Å². The summed E-state index contributed by atoms with van der Waals surface area (Å²) in [5.41, 5.74) is 0. The summed E-state index contributed by atoms with van der Waals surface area (Å²) in [6.07, 6.45) is 21.0. The summed E-state index contributed by atoms with van der Waals surface area (Å²) in [5.74, 6) is -0.626. The zero-order chi connectivity index (χ0) is 21.6. The lowest BCUT2D eigenvalue weighted by molar-refractivity contribution is -0.141. The minimum atomic E-state index is -0.946. The normalized spacial score (nSPS) is 12.2. The third-order valence-electron chi connectivity index (χ3n) is 5.13. The van der Waals surface area contributed by atoms with Crippen LogP contribution in [0.4, 0.5) is 0 Å². The molecule has 2 N–H and O–H groups in total. The van der Waals surface area contributed by atoms with Crippen LogP contribution in [0.3, 0.4) is 0 Å². The largest absolute Gasteiger partial charge is 0.469 e. The molecule has 0 aromatic carbocycles. The summed E-state index contributed by atoms with van der Waals surface area (Å²) in [6, 6.07) is 0. The van der Waals surface area contributed by atoms with Crippen molar-refractivity contribution < 1.29 is 19.4 Å². The number of unbranched alkanes of at least 4 members (excludes halogenated alkanes) is 11. The van der Waals surface area contributed by atoms with Gasteiger partial charge in [0.05, 0.1) is 7.11 Å². The predicted octanol–water partition coefficient (Wildman–Crippen LogP) is 5.45. The number of allylic oxidation sites excluding steroid dienone is 2. The first-order valence-corrected chi connectivity index (χ1v) is 11.8. The van der Waals surface area contributed by atoms with Gasteiger partial charge in [0.1, 0.15) is 6.10 Å². The van der Waals surface area contributed by atoms with E-state index in [9.17, 15) is 14.7 Å². The van der Waals surface area contributed by atoms with Crippen LogP contribution in [-0.2, 0) is 14.3 Å². The average molecular weight is 412 g/mol. The maximum absolute atomic E-state index is 11.8. The highest BCUT2D eigenvalue weighted by atomic mass is 16.5. The van der Waals surface area contributed by atoms with Crippen LogP contribution in [0.25, 0.3) is 0 Å². The Morgan fingerprint density at radius 1 is 0.862 bits per heavy atom. The van der Waals surface area contributed by atoms with Crippen molar-refractivity contribution in [1.29, 1.82) is 0 Å². The lowest BCUT2D eigenvalue weighted by atomic mass is 10.1. The van der Waals surface area contributed by atoms with Crippen molar-refractivity contribution in [2.75, 3.05) is 13.7 Å². The topological polar surface area (TPSA) is 75.6 Å². The molecule has 0 aliphatic carbocycles. The average Bonchev–Trinajstić information content (AvgIpc) is 2.73. The quantitative estimate of drug-likeness (QED) is 0.159. The summed E-state index contributed by atoms with van der Waals surface area (Å²) >= 11 is 0. The Labute approximate surface area is 178 Å². The van der Waals surface area contributed by atoms with Gasteiger partial charge in [-0.05, 0) is 38.5 Å². The fourth-order valence-corrected chi connectivity index (χ4v) is 3.20. The number of nitrogens with one attached hydrogen (secondary N) is 1. The third-order valence-corrected chi connectivity index (χ3v) is 5.13. The molecule has 1 amide bonds. The fraction of sp³-hybridized carbons (Fsp3) is 0.833. The zero-order valence-corrected chi connectivity index (χ0v) is 18.9. The lowest BCUT2D eigenvalue weighted by Crippen LogP contribution is -2.35. The van der Waals surface area contributed by atoms with Gasteiger partial charge in [0.15, 0.2) is 0 Å². The highest BCUT2D eigenvalue weighted by Crippen LogP contribution is 2.11. The molecule has 5 nitrogen and oxygen atoms in total. The SMILES string of the molecule is CCCCCCCC/C=C/CCCCCCCC(O)C(=O)NCCCC(=O)OC. The van der Waals surface area contributed by atoms with E-state index in [1.54, 1.807) is 0 Å². The molecular weight excluding hydrogens is 366 g/mol. The first kappa shape index (κ1) is 27.6. The maximum atomic E-state index is 11.8. The maximum Gasteiger partial charge on any atom is 0.305 e. The number of rotatable bonds is 20. The van der Waals surface area contributed by atoms with Gasteiger partial charge in [0.25, 0.3) is 0 Å². The number of methoxy groups -OCH3 is 1. The molecule has 0 saturated heterocycles. The van der Waals surface area contributed by atoms with Crippen LogP contribution in [0.2, 0.25) is 0 Å². The van der Waals surface area contributed by atoms with Gasteiger partial charge in [-0.15, -0.1) is 0 Å². The van der Waals surface area contributed by atoms with Crippen LogP contribution < -0.4 is 5.32 Å². The van der Waals surface area contributed by atoms with Crippen molar-refractivity contribution in [2.45, 2.75) is 116 Å². The smallest absolute Gasteiger partial charge is 0.305 e. The highest BCUT2D eigenvalue weighted by Gasteiger charge is 2.13. The van der Waals surface area contributed by atoms with E-state index >= 15 is 0 Å². The molecule has 0 aromatic rings. The Hall–Kier alpha value is -1.36. The second-order valence-corrected chi connectivity index (χ2v) is 7.86. The van der Waals surface area contributed by atoms with Gasteiger partial charge in [-0.25, -0.2) is 0 Å². The van der Waals surface area contributed by atoms with Gasteiger partial charge in [-0.1, -0.05) is 76.9 Å². The second kappa shape index (κ2) is 21.4. The number of aliphatic hydroxyl groups is 1. The van der Waals surface area contributed by atoms with Gasteiger partial charge in [-0.3, -0.25) is 9.59 Å². The predicted molar refractivity (Wildman–Crippen MR) is 120 cm³/mol. The Bertz CT molecular complexity index is 423. The summed E-state index contributed by atoms with van der Waals surface area (Å²) < 4.78 is 4.54. The summed E-state index contributed by atoms with van der Waals surface area (Å²) in [6.45, 7) is 2.64. The highest BCUT2D eigenvalue weighted by molar-refractivity contribution is 5.80. The Morgan fingerprint density at radius 3 is 2.00 bits per heavy atom. The molecule has 0 radical (unpaired) electrons. The number of hydrogen-bond donors (Lipinski definition) is 2. The number of carbonyl (C=O) groups is 2. The first-order chi connectivity index (χ1) is 14.1. The van der Waals surface area contributed by atoms with E-state index in [1.165, 1.54) is 64.9 Å². The summed E-state index contributed by atoms with van der Waals surface area (Å²) in [4.78, 5) is 22.7. The van der Waals surface area contributed by atoms with E-state index in [-0.39, 0.29) is 18.3 Å². The van der Waals surface area contributed by atoms with Crippen molar-refractivity contribution in [3.05, 3.63) is 12.2 Å². The molecule has 0 bridgehead atoms. The molecule has 0 spiro atoms. The van der Waals surface area contributed by atoms with Crippen molar-refractivity contribution in [3.63, 3.8) is 0 Å². The van der Waals surface area contributed by atoms with Crippen molar-refractivity contribution in [2.24, 2.45) is 0 Å². The molecule has 1 atom stereocenters. The Morgan fingerprint density at radius 2 is 1.41 bits per heavy atom. The molecule has 5 heteroatoms. The molecule has 1 unspecified atom stereocenters. The fourth-order valence-electron chi connectivity index (χ4n) is 3.20.